The summed E-state index contributed by atoms with van der Waals surface area (Å²) in [4.78, 5) is 15.6. The van der Waals surface area contributed by atoms with Crippen LogP contribution >= 0.6 is 0 Å². The molecule has 0 bridgehead atoms. The molecule has 21 heavy (non-hydrogen) atoms. The number of hydrogen-bond donors (Lipinski definition) is 1. The maximum Gasteiger partial charge on any atom is 0.311 e. The maximum absolute atomic E-state index is 11.7. The molecule has 1 aliphatic carbocycles. The Balaban J connectivity index is 1.89. The topological polar surface area (TPSA) is 50.2 Å². The van der Waals surface area contributed by atoms with Gasteiger partial charge in [0.2, 0.25) is 0 Å². The Labute approximate surface area is 124 Å². The van der Waals surface area contributed by atoms with Gasteiger partial charge in [0.25, 0.3) is 0 Å². The van der Waals surface area contributed by atoms with E-state index in [2.05, 4.69) is 17.1 Å². The molecule has 1 unspecified atom stereocenters. The summed E-state index contributed by atoms with van der Waals surface area (Å²) in [5.74, 6) is -1.25. The lowest BCUT2D eigenvalue weighted by molar-refractivity contribution is -0.138. The fourth-order valence-electron chi connectivity index (χ4n) is 3.07. The van der Waals surface area contributed by atoms with E-state index in [1.54, 1.807) is 12.4 Å². The molecule has 0 amide bonds. The molecule has 0 saturated carbocycles. The van der Waals surface area contributed by atoms with Gasteiger partial charge in [0, 0.05) is 12.4 Å². The van der Waals surface area contributed by atoms with Crippen molar-refractivity contribution in [2.24, 2.45) is 0 Å². The summed E-state index contributed by atoms with van der Waals surface area (Å²) in [5, 5.41) is 9.58. The smallest absolute Gasteiger partial charge is 0.311 e. The molecule has 1 N–H and O–H groups in total. The molecule has 0 fully saturated rings. The van der Waals surface area contributed by atoms with Gasteiger partial charge in [0.1, 0.15) is 0 Å². The molecule has 2 aromatic rings. The van der Waals surface area contributed by atoms with Crippen molar-refractivity contribution in [3.05, 3.63) is 65.0 Å². The minimum atomic E-state index is -0.762. The van der Waals surface area contributed by atoms with Crippen molar-refractivity contribution in [2.45, 2.75) is 38.0 Å². The number of benzene rings is 1. The molecule has 1 heterocycles. The molecule has 108 valence electrons. The van der Waals surface area contributed by atoms with Gasteiger partial charge in [0.05, 0.1) is 5.92 Å². The lowest BCUT2D eigenvalue weighted by Crippen LogP contribution is -2.15. The average molecular weight is 281 g/mol. The number of nitrogens with zero attached hydrogens (tertiary/aromatic N) is 1. The second-order valence-corrected chi connectivity index (χ2v) is 5.69. The number of fused-ring (bicyclic) bond motifs is 1. The lowest BCUT2D eigenvalue weighted by Gasteiger charge is -2.19. The summed E-state index contributed by atoms with van der Waals surface area (Å²) in [6.45, 7) is 0. The van der Waals surface area contributed by atoms with Gasteiger partial charge < -0.3 is 5.11 Å². The van der Waals surface area contributed by atoms with Crippen LogP contribution in [-0.4, -0.2) is 16.1 Å². The lowest BCUT2D eigenvalue weighted by atomic mass is 9.85. The molecule has 1 atom stereocenters. The van der Waals surface area contributed by atoms with E-state index in [1.165, 1.54) is 24.0 Å². The van der Waals surface area contributed by atoms with Crippen molar-refractivity contribution in [3.63, 3.8) is 0 Å². The number of carboxylic acids is 1. The highest BCUT2D eigenvalue weighted by molar-refractivity contribution is 5.76. The summed E-state index contributed by atoms with van der Waals surface area (Å²) >= 11 is 0. The first-order valence-corrected chi connectivity index (χ1v) is 7.47. The van der Waals surface area contributed by atoms with Gasteiger partial charge in [-0.15, -0.1) is 0 Å². The van der Waals surface area contributed by atoms with Crippen LogP contribution in [-0.2, 0) is 24.1 Å². The third kappa shape index (κ3) is 3.13. The van der Waals surface area contributed by atoms with E-state index in [1.807, 2.05) is 18.2 Å². The van der Waals surface area contributed by atoms with Crippen molar-refractivity contribution in [3.8, 4) is 0 Å². The molecule has 1 aromatic heterocycles. The summed E-state index contributed by atoms with van der Waals surface area (Å²) in [5.41, 5.74) is 4.65. The van der Waals surface area contributed by atoms with E-state index >= 15 is 0 Å². The molecule has 1 aliphatic rings. The van der Waals surface area contributed by atoms with E-state index in [4.69, 9.17) is 0 Å². The van der Waals surface area contributed by atoms with Crippen LogP contribution in [0.25, 0.3) is 0 Å². The largest absolute Gasteiger partial charge is 0.481 e. The van der Waals surface area contributed by atoms with Gasteiger partial charge in [-0.3, -0.25) is 9.78 Å². The third-order valence-corrected chi connectivity index (χ3v) is 4.26. The molecule has 0 radical (unpaired) electrons. The zero-order valence-corrected chi connectivity index (χ0v) is 12.0. The molecule has 0 aliphatic heterocycles. The Morgan fingerprint density at radius 3 is 2.52 bits per heavy atom. The quantitative estimate of drug-likeness (QED) is 0.934. The van der Waals surface area contributed by atoms with Crippen LogP contribution in [0.5, 0.6) is 0 Å². The predicted octanol–water partition coefficient (Wildman–Crippen LogP) is 3.37. The Kier molecular flexibility index (Phi) is 4.00. The van der Waals surface area contributed by atoms with E-state index in [9.17, 15) is 9.90 Å². The first-order valence-electron chi connectivity index (χ1n) is 7.47. The summed E-state index contributed by atoms with van der Waals surface area (Å²) < 4.78 is 0. The molecule has 3 rings (SSSR count). The molecular weight excluding hydrogens is 262 g/mol. The minimum absolute atomic E-state index is 0.486. The van der Waals surface area contributed by atoms with Crippen LogP contribution in [0.2, 0.25) is 0 Å². The second-order valence-electron chi connectivity index (χ2n) is 5.69. The van der Waals surface area contributed by atoms with Crippen molar-refractivity contribution < 1.29 is 9.90 Å². The van der Waals surface area contributed by atoms with Gasteiger partial charge in [-0.2, -0.15) is 0 Å². The SMILES string of the molecule is O=C(O)C(Cc1ccncc1)c1ccc2c(c1)CCCC2. The number of aryl methyl sites for hydroxylation is 2. The molecular formula is C18H19NO2. The Bertz CT molecular complexity index is 637. The first kappa shape index (κ1) is 13.8. The Hall–Kier alpha value is -2.16. The average Bonchev–Trinajstić information content (AvgIpc) is 2.53. The summed E-state index contributed by atoms with van der Waals surface area (Å²) in [6, 6.07) is 9.98. The minimum Gasteiger partial charge on any atom is -0.481 e. The van der Waals surface area contributed by atoms with Gasteiger partial charge >= 0.3 is 5.97 Å². The van der Waals surface area contributed by atoms with Crippen molar-refractivity contribution in [2.75, 3.05) is 0 Å². The highest BCUT2D eigenvalue weighted by Crippen LogP contribution is 2.27. The van der Waals surface area contributed by atoms with Crippen LogP contribution in [0.3, 0.4) is 0 Å². The van der Waals surface area contributed by atoms with E-state index < -0.39 is 11.9 Å². The monoisotopic (exact) mass is 281 g/mol. The summed E-state index contributed by atoms with van der Waals surface area (Å²) in [6.07, 6.45) is 8.57. The van der Waals surface area contributed by atoms with Crippen LogP contribution < -0.4 is 0 Å². The fraction of sp³-hybridized carbons (Fsp3) is 0.333. The zero-order valence-electron chi connectivity index (χ0n) is 12.0. The van der Waals surface area contributed by atoms with Gasteiger partial charge in [-0.05, 0) is 66.5 Å². The van der Waals surface area contributed by atoms with Gasteiger partial charge in [0.15, 0.2) is 0 Å². The molecule has 3 heteroatoms. The normalized spacial score (nSPS) is 15.2. The van der Waals surface area contributed by atoms with Gasteiger partial charge in [-0.1, -0.05) is 18.2 Å². The standard InChI is InChI=1S/C18H19NO2/c20-18(21)17(11-13-7-9-19-10-8-13)16-6-5-14-3-1-2-4-15(14)12-16/h5-10,12,17H,1-4,11H2,(H,20,21). The first-order chi connectivity index (χ1) is 10.2. The number of carbonyl (C=O) groups is 1. The highest BCUT2D eigenvalue weighted by atomic mass is 16.4. The van der Waals surface area contributed by atoms with E-state index in [0.29, 0.717) is 6.42 Å². The van der Waals surface area contributed by atoms with Crippen LogP contribution in [0.15, 0.2) is 42.7 Å². The Morgan fingerprint density at radius 1 is 1.10 bits per heavy atom. The zero-order chi connectivity index (χ0) is 14.7. The van der Waals surface area contributed by atoms with Crippen molar-refractivity contribution in [1.29, 1.82) is 0 Å². The predicted molar refractivity (Wildman–Crippen MR) is 81.4 cm³/mol. The van der Waals surface area contributed by atoms with E-state index in [-0.39, 0.29) is 0 Å². The number of rotatable bonds is 4. The summed E-state index contributed by atoms with van der Waals surface area (Å²) in [7, 11) is 0. The van der Waals surface area contributed by atoms with Crippen LogP contribution in [0.1, 0.15) is 41.0 Å². The Morgan fingerprint density at radius 2 is 1.81 bits per heavy atom. The number of pyridine rings is 1. The van der Waals surface area contributed by atoms with Gasteiger partial charge in [-0.25, -0.2) is 0 Å². The second kappa shape index (κ2) is 6.08. The maximum atomic E-state index is 11.7. The highest BCUT2D eigenvalue weighted by Gasteiger charge is 2.22. The molecule has 1 aromatic carbocycles. The molecule has 3 nitrogen and oxygen atoms in total. The van der Waals surface area contributed by atoms with Crippen molar-refractivity contribution >= 4 is 5.97 Å². The molecule has 0 saturated heterocycles. The van der Waals surface area contributed by atoms with E-state index in [0.717, 1.165) is 24.0 Å². The number of hydrogen-bond acceptors (Lipinski definition) is 2. The van der Waals surface area contributed by atoms with Crippen molar-refractivity contribution in [1.82, 2.24) is 4.98 Å². The third-order valence-electron chi connectivity index (χ3n) is 4.26. The number of aromatic nitrogens is 1. The van der Waals surface area contributed by atoms with Crippen LogP contribution in [0.4, 0.5) is 0 Å². The van der Waals surface area contributed by atoms with Crippen LogP contribution in [0, 0.1) is 0 Å². The molecule has 0 spiro atoms. The fourth-order valence-corrected chi connectivity index (χ4v) is 3.07. The number of aliphatic carboxylic acids is 1. The number of carboxylic acid groups (broad SMARTS) is 1.